The van der Waals surface area contributed by atoms with Gasteiger partial charge in [0.05, 0.1) is 7.11 Å². The lowest BCUT2D eigenvalue weighted by Crippen LogP contribution is -2.35. The van der Waals surface area contributed by atoms with Crippen molar-refractivity contribution in [2.75, 3.05) is 33.3 Å². The summed E-state index contributed by atoms with van der Waals surface area (Å²) in [6, 6.07) is 14.6. The van der Waals surface area contributed by atoms with E-state index in [-0.39, 0.29) is 11.7 Å². The fourth-order valence-electron chi connectivity index (χ4n) is 3.43. The summed E-state index contributed by atoms with van der Waals surface area (Å²) in [5, 5.41) is 0. The maximum atomic E-state index is 13.0. The Labute approximate surface area is 160 Å². The molecule has 0 aromatic heterocycles. The second-order valence-electron chi connectivity index (χ2n) is 6.99. The third kappa shape index (κ3) is 5.79. The Bertz CT molecular complexity index is 731. The van der Waals surface area contributed by atoms with Gasteiger partial charge in [-0.15, -0.1) is 0 Å². The van der Waals surface area contributed by atoms with Crippen LogP contribution in [0.4, 0.5) is 4.39 Å². The van der Waals surface area contributed by atoms with E-state index < -0.39 is 0 Å². The van der Waals surface area contributed by atoms with E-state index in [1.807, 2.05) is 41.3 Å². The van der Waals surface area contributed by atoms with Crippen LogP contribution in [0.15, 0.2) is 48.5 Å². The fourth-order valence-corrected chi connectivity index (χ4v) is 3.43. The molecule has 2 aromatic rings. The molecule has 0 atom stereocenters. The minimum absolute atomic E-state index is 0.205. The van der Waals surface area contributed by atoms with Gasteiger partial charge in [0.2, 0.25) is 5.91 Å². The summed E-state index contributed by atoms with van der Waals surface area (Å²) in [5.74, 6) is 0.844. The van der Waals surface area contributed by atoms with Gasteiger partial charge in [0, 0.05) is 39.1 Å². The van der Waals surface area contributed by atoms with E-state index in [1.165, 1.54) is 12.1 Å². The molecule has 1 aliphatic rings. The van der Waals surface area contributed by atoms with E-state index in [0.29, 0.717) is 6.42 Å². The van der Waals surface area contributed by atoms with E-state index in [0.717, 1.165) is 62.4 Å². The smallest absolute Gasteiger partial charge is 0.222 e. The first-order chi connectivity index (χ1) is 13.1. The van der Waals surface area contributed by atoms with Gasteiger partial charge >= 0.3 is 0 Å². The summed E-state index contributed by atoms with van der Waals surface area (Å²) in [6.45, 7) is 4.17. The number of carbonyl (C=O) groups is 1. The van der Waals surface area contributed by atoms with Gasteiger partial charge < -0.3 is 9.64 Å². The van der Waals surface area contributed by atoms with Crippen molar-refractivity contribution < 1.29 is 13.9 Å². The minimum Gasteiger partial charge on any atom is -0.497 e. The number of hydrogen-bond acceptors (Lipinski definition) is 3. The van der Waals surface area contributed by atoms with Gasteiger partial charge in [-0.1, -0.05) is 24.3 Å². The number of hydrogen-bond donors (Lipinski definition) is 0. The van der Waals surface area contributed by atoms with Crippen LogP contribution in [0.2, 0.25) is 0 Å². The lowest BCUT2D eigenvalue weighted by Gasteiger charge is -2.22. The van der Waals surface area contributed by atoms with Crippen LogP contribution in [0.1, 0.15) is 24.0 Å². The van der Waals surface area contributed by atoms with Gasteiger partial charge in [0.15, 0.2) is 0 Å². The van der Waals surface area contributed by atoms with Crippen molar-refractivity contribution in [1.82, 2.24) is 9.80 Å². The summed E-state index contributed by atoms with van der Waals surface area (Å²) in [5.41, 5.74) is 2.26. The molecule has 1 fully saturated rings. The van der Waals surface area contributed by atoms with Gasteiger partial charge in [0.1, 0.15) is 11.6 Å². The molecule has 1 aliphatic heterocycles. The van der Waals surface area contributed by atoms with Crippen LogP contribution in [0.25, 0.3) is 0 Å². The van der Waals surface area contributed by atoms with E-state index >= 15 is 0 Å². The number of aryl methyl sites for hydroxylation is 1. The summed E-state index contributed by atoms with van der Waals surface area (Å²) in [7, 11) is 1.65. The first-order valence-electron chi connectivity index (χ1n) is 9.51. The maximum Gasteiger partial charge on any atom is 0.222 e. The van der Waals surface area contributed by atoms with Crippen molar-refractivity contribution in [2.24, 2.45) is 0 Å². The van der Waals surface area contributed by atoms with Gasteiger partial charge in [-0.25, -0.2) is 4.39 Å². The molecule has 0 aliphatic carbocycles. The second kappa shape index (κ2) is 9.51. The van der Waals surface area contributed by atoms with Crippen molar-refractivity contribution in [3.8, 4) is 5.75 Å². The quantitative estimate of drug-likeness (QED) is 0.780. The molecule has 0 bridgehead atoms. The normalized spacial score (nSPS) is 15.4. The van der Waals surface area contributed by atoms with Crippen molar-refractivity contribution in [3.63, 3.8) is 0 Å². The number of nitrogens with zero attached hydrogens (tertiary/aromatic N) is 2. The maximum absolute atomic E-state index is 13.0. The second-order valence-corrected chi connectivity index (χ2v) is 6.99. The van der Waals surface area contributed by atoms with Crippen LogP contribution in [-0.2, 0) is 17.8 Å². The fraction of sp³-hybridized carbons (Fsp3) is 0.409. The van der Waals surface area contributed by atoms with Crippen molar-refractivity contribution in [1.29, 1.82) is 0 Å². The number of methoxy groups -OCH3 is 1. The molecule has 0 unspecified atom stereocenters. The summed E-state index contributed by atoms with van der Waals surface area (Å²) in [4.78, 5) is 16.9. The highest BCUT2D eigenvalue weighted by atomic mass is 19.1. The van der Waals surface area contributed by atoms with Crippen LogP contribution >= 0.6 is 0 Å². The number of benzene rings is 2. The summed E-state index contributed by atoms with van der Waals surface area (Å²) < 4.78 is 18.2. The highest BCUT2D eigenvalue weighted by Crippen LogP contribution is 2.14. The monoisotopic (exact) mass is 370 g/mol. The predicted octanol–water partition coefficient (Wildman–Crippen LogP) is 3.50. The molecule has 3 rings (SSSR count). The molecule has 1 saturated heterocycles. The van der Waals surface area contributed by atoms with Gasteiger partial charge in [-0.2, -0.15) is 0 Å². The molecule has 0 saturated carbocycles. The topological polar surface area (TPSA) is 32.8 Å². The highest BCUT2D eigenvalue weighted by molar-refractivity contribution is 5.76. The predicted molar refractivity (Wildman–Crippen MR) is 104 cm³/mol. The van der Waals surface area contributed by atoms with Crippen molar-refractivity contribution >= 4 is 5.91 Å². The summed E-state index contributed by atoms with van der Waals surface area (Å²) in [6.07, 6.45) is 2.25. The minimum atomic E-state index is -0.205. The number of ether oxygens (including phenoxy) is 1. The number of carbonyl (C=O) groups excluding carboxylic acids is 1. The Hall–Kier alpha value is -2.40. The van der Waals surface area contributed by atoms with Crippen molar-refractivity contribution in [2.45, 2.75) is 25.8 Å². The number of rotatable bonds is 6. The lowest BCUT2D eigenvalue weighted by atomic mass is 10.1. The molecule has 0 radical (unpaired) electrons. The van der Waals surface area contributed by atoms with Crippen LogP contribution < -0.4 is 4.74 Å². The van der Waals surface area contributed by atoms with E-state index in [9.17, 15) is 9.18 Å². The molecule has 27 heavy (non-hydrogen) atoms. The van der Waals surface area contributed by atoms with Gasteiger partial charge in [-0.05, 0) is 48.2 Å². The Morgan fingerprint density at radius 1 is 0.963 bits per heavy atom. The SMILES string of the molecule is COc1ccc(CCC(=O)N2CCCN(Cc3ccc(F)cc3)CC2)cc1. The third-order valence-corrected chi connectivity index (χ3v) is 5.05. The highest BCUT2D eigenvalue weighted by Gasteiger charge is 2.19. The Morgan fingerprint density at radius 2 is 1.67 bits per heavy atom. The molecule has 1 heterocycles. The summed E-state index contributed by atoms with van der Waals surface area (Å²) >= 11 is 0. The van der Waals surface area contributed by atoms with Crippen LogP contribution in [0.5, 0.6) is 5.75 Å². The molecule has 4 nitrogen and oxygen atoms in total. The van der Waals surface area contributed by atoms with Crippen molar-refractivity contribution in [3.05, 3.63) is 65.5 Å². The molecular weight excluding hydrogens is 343 g/mol. The number of amides is 1. The zero-order valence-electron chi connectivity index (χ0n) is 15.9. The average molecular weight is 370 g/mol. The third-order valence-electron chi connectivity index (χ3n) is 5.05. The Balaban J connectivity index is 1.46. The zero-order chi connectivity index (χ0) is 19.1. The molecule has 1 amide bonds. The van der Waals surface area contributed by atoms with Gasteiger partial charge in [-0.3, -0.25) is 9.69 Å². The molecular formula is C22H27FN2O2. The Morgan fingerprint density at radius 3 is 2.37 bits per heavy atom. The first-order valence-corrected chi connectivity index (χ1v) is 9.51. The zero-order valence-corrected chi connectivity index (χ0v) is 15.9. The van der Waals surface area contributed by atoms with E-state index in [4.69, 9.17) is 4.74 Å². The Kier molecular flexibility index (Phi) is 6.82. The molecule has 144 valence electrons. The lowest BCUT2D eigenvalue weighted by molar-refractivity contribution is -0.131. The number of halogens is 1. The standard InChI is InChI=1S/C22H27FN2O2/c1-27-21-10-5-18(6-11-21)7-12-22(26)25-14-2-13-24(15-16-25)17-19-3-8-20(23)9-4-19/h3-6,8-11H,2,7,12-17H2,1H3. The van der Waals surface area contributed by atoms with Gasteiger partial charge in [0.25, 0.3) is 0 Å². The molecule has 0 N–H and O–H groups in total. The van der Waals surface area contributed by atoms with E-state index in [2.05, 4.69) is 4.90 Å². The molecule has 5 heteroatoms. The molecule has 2 aromatic carbocycles. The van der Waals surface area contributed by atoms with Crippen LogP contribution in [-0.4, -0.2) is 49.0 Å². The first kappa shape index (κ1) is 19.4. The van der Waals surface area contributed by atoms with Crippen LogP contribution in [0, 0.1) is 5.82 Å². The van der Waals surface area contributed by atoms with E-state index in [1.54, 1.807) is 7.11 Å². The largest absolute Gasteiger partial charge is 0.497 e. The molecule has 0 spiro atoms. The van der Waals surface area contributed by atoms with Crippen LogP contribution in [0.3, 0.4) is 0 Å². The average Bonchev–Trinajstić information content (AvgIpc) is 2.94.